The maximum Gasteiger partial charge on any atom is 0.266 e. The van der Waals surface area contributed by atoms with Crippen LogP contribution in [0.25, 0.3) is 11.4 Å². The number of hydrogen-bond donors (Lipinski definition) is 0. The van der Waals surface area contributed by atoms with Crippen molar-refractivity contribution in [2.24, 2.45) is 0 Å². The highest BCUT2D eigenvalue weighted by Gasteiger charge is 2.22. The summed E-state index contributed by atoms with van der Waals surface area (Å²) in [5.41, 5.74) is 1.48. The van der Waals surface area contributed by atoms with Crippen LogP contribution in [0.3, 0.4) is 0 Å². The Morgan fingerprint density at radius 3 is 2.85 bits per heavy atom. The van der Waals surface area contributed by atoms with Gasteiger partial charge in [-0.05, 0) is 44.6 Å². The van der Waals surface area contributed by atoms with Crippen LogP contribution in [-0.4, -0.2) is 39.3 Å². The lowest BCUT2D eigenvalue weighted by Crippen LogP contribution is -2.34. The number of aromatic nitrogens is 3. The lowest BCUT2D eigenvalue weighted by molar-refractivity contribution is 0.271. The molecule has 5 nitrogen and oxygen atoms in total. The van der Waals surface area contributed by atoms with Crippen molar-refractivity contribution in [1.82, 2.24) is 19.7 Å². The summed E-state index contributed by atoms with van der Waals surface area (Å²) in [6.07, 6.45) is 4.05. The molecule has 0 bridgehead atoms. The van der Waals surface area contributed by atoms with Gasteiger partial charge < -0.3 is 4.90 Å². The second-order valence-electron chi connectivity index (χ2n) is 5.23. The van der Waals surface area contributed by atoms with E-state index in [1.807, 2.05) is 18.2 Å². The minimum absolute atomic E-state index is 0.0509. The Hall–Kier alpha value is -2.01. The zero-order chi connectivity index (χ0) is 13.9. The standard InChI is InChI=1S/C15H18N4O/c1-18-10-4-5-12(18)11-19-15(20)8-7-14(17-19)13-6-2-3-9-16-13/h2-3,6-9,12H,4-5,10-11H2,1H3. The summed E-state index contributed by atoms with van der Waals surface area (Å²) in [4.78, 5) is 18.5. The van der Waals surface area contributed by atoms with Crippen molar-refractivity contribution in [1.29, 1.82) is 0 Å². The summed E-state index contributed by atoms with van der Waals surface area (Å²) in [5.74, 6) is 0. The van der Waals surface area contributed by atoms with Gasteiger partial charge in [0.2, 0.25) is 0 Å². The molecule has 0 amide bonds. The Bertz CT molecular complexity index is 638. The highest BCUT2D eigenvalue weighted by molar-refractivity contribution is 5.52. The molecule has 1 saturated heterocycles. The summed E-state index contributed by atoms with van der Waals surface area (Å²) >= 11 is 0. The van der Waals surface area contributed by atoms with Gasteiger partial charge in [-0.1, -0.05) is 6.07 Å². The van der Waals surface area contributed by atoms with Gasteiger partial charge in [0, 0.05) is 18.3 Å². The Labute approximate surface area is 117 Å². The fraction of sp³-hybridized carbons (Fsp3) is 0.400. The van der Waals surface area contributed by atoms with E-state index in [0.717, 1.165) is 24.4 Å². The first-order valence-electron chi connectivity index (χ1n) is 6.94. The van der Waals surface area contributed by atoms with E-state index >= 15 is 0 Å². The largest absolute Gasteiger partial charge is 0.302 e. The molecular formula is C15H18N4O. The Morgan fingerprint density at radius 1 is 1.25 bits per heavy atom. The summed E-state index contributed by atoms with van der Waals surface area (Å²) in [7, 11) is 2.10. The molecule has 2 aromatic heterocycles. The third-order valence-electron chi connectivity index (χ3n) is 3.85. The smallest absolute Gasteiger partial charge is 0.266 e. The van der Waals surface area contributed by atoms with Crippen LogP contribution < -0.4 is 5.56 Å². The summed E-state index contributed by atoms with van der Waals surface area (Å²) < 4.78 is 1.57. The van der Waals surface area contributed by atoms with Crippen molar-refractivity contribution in [3.05, 3.63) is 46.9 Å². The van der Waals surface area contributed by atoms with Gasteiger partial charge >= 0.3 is 0 Å². The van der Waals surface area contributed by atoms with E-state index in [0.29, 0.717) is 12.6 Å². The molecule has 0 radical (unpaired) electrons. The number of rotatable bonds is 3. The number of pyridine rings is 1. The predicted molar refractivity (Wildman–Crippen MR) is 77.4 cm³/mol. The first-order chi connectivity index (χ1) is 9.74. The molecule has 1 atom stereocenters. The van der Waals surface area contributed by atoms with Crippen molar-refractivity contribution in [2.45, 2.75) is 25.4 Å². The van der Waals surface area contributed by atoms with Gasteiger partial charge in [-0.3, -0.25) is 9.78 Å². The van der Waals surface area contributed by atoms with E-state index in [9.17, 15) is 4.79 Å². The molecule has 0 saturated carbocycles. The van der Waals surface area contributed by atoms with Gasteiger partial charge in [-0.2, -0.15) is 5.10 Å². The average Bonchev–Trinajstić information content (AvgIpc) is 2.88. The van der Waals surface area contributed by atoms with Crippen LogP contribution in [0.5, 0.6) is 0 Å². The molecule has 0 spiro atoms. The fourth-order valence-electron chi connectivity index (χ4n) is 2.64. The van der Waals surface area contributed by atoms with E-state index < -0.39 is 0 Å². The van der Waals surface area contributed by atoms with Gasteiger partial charge in [0.1, 0.15) is 5.69 Å². The molecule has 5 heteroatoms. The molecule has 1 aliphatic rings. The van der Waals surface area contributed by atoms with Crippen LogP contribution in [0.15, 0.2) is 41.3 Å². The zero-order valence-corrected chi connectivity index (χ0v) is 11.6. The first kappa shape index (κ1) is 13.0. The molecule has 3 rings (SSSR count). The quantitative estimate of drug-likeness (QED) is 0.846. The van der Waals surface area contributed by atoms with Crippen molar-refractivity contribution < 1.29 is 0 Å². The van der Waals surface area contributed by atoms with Crippen molar-refractivity contribution in [3.63, 3.8) is 0 Å². The summed E-state index contributed by atoms with van der Waals surface area (Å²) in [6.45, 7) is 1.75. The lowest BCUT2D eigenvalue weighted by atomic mass is 10.2. The average molecular weight is 270 g/mol. The molecule has 0 aliphatic carbocycles. The number of likely N-dealkylation sites (tertiary alicyclic amines) is 1. The molecule has 104 valence electrons. The van der Waals surface area contributed by atoms with E-state index in [1.54, 1.807) is 23.0 Å². The topological polar surface area (TPSA) is 51.0 Å². The number of nitrogens with zero attached hydrogens (tertiary/aromatic N) is 4. The second-order valence-corrected chi connectivity index (χ2v) is 5.23. The van der Waals surface area contributed by atoms with Gasteiger partial charge in [0.15, 0.2) is 0 Å². The maximum atomic E-state index is 12.0. The lowest BCUT2D eigenvalue weighted by Gasteiger charge is -2.19. The summed E-state index contributed by atoms with van der Waals surface area (Å²) in [6, 6.07) is 9.40. The van der Waals surface area contributed by atoms with Gasteiger partial charge in [0.25, 0.3) is 5.56 Å². The van der Waals surface area contributed by atoms with Crippen LogP contribution in [0.1, 0.15) is 12.8 Å². The van der Waals surface area contributed by atoms with Crippen molar-refractivity contribution in [3.8, 4) is 11.4 Å². The summed E-state index contributed by atoms with van der Waals surface area (Å²) in [5, 5.41) is 4.46. The maximum absolute atomic E-state index is 12.0. The molecule has 1 unspecified atom stereocenters. The van der Waals surface area contributed by atoms with Gasteiger partial charge in [0.05, 0.1) is 12.2 Å². The number of likely N-dealkylation sites (N-methyl/N-ethyl adjacent to an activating group) is 1. The van der Waals surface area contributed by atoms with E-state index in [2.05, 4.69) is 22.0 Å². The molecule has 0 aromatic carbocycles. The minimum atomic E-state index is -0.0509. The minimum Gasteiger partial charge on any atom is -0.302 e. The third-order valence-corrected chi connectivity index (χ3v) is 3.85. The fourth-order valence-corrected chi connectivity index (χ4v) is 2.64. The van der Waals surface area contributed by atoms with Gasteiger partial charge in [-0.15, -0.1) is 0 Å². The van der Waals surface area contributed by atoms with Crippen LogP contribution in [0.2, 0.25) is 0 Å². The molecule has 3 heterocycles. The Balaban J connectivity index is 1.89. The predicted octanol–water partition coefficient (Wildman–Crippen LogP) is 1.40. The molecule has 1 aliphatic heterocycles. The second kappa shape index (κ2) is 5.54. The first-order valence-corrected chi connectivity index (χ1v) is 6.94. The van der Waals surface area contributed by atoms with Crippen LogP contribution in [-0.2, 0) is 6.54 Å². The van der Waals surface area contributed by atoms with Crippen LogP contribution in [0.4, 0.5) is 0 Å². The molecular weight excluding hydrogens is 252 g/mol. The molecule has 20 heavy (non-hydrogen) atoms. The third kappa shape index (κ3) is 2.63. The van der Waals surface area contributed by atoms with E-state index in [4.69, 9.17) is 0 Å². The zero-order valence-electron chi connectivity index (χ0n) is 11.6. The molecule has 0 N–H and O–H groups in total. The Kier molecular flexibility index (Phi) is 3.60. The van der Waals surface area contributed by atoms with Crippen molar-refractivity contribution in [2.75, 3.05) is 13.6 Å². The SMILES string of the molecule is CN1CCCC1Cn1nc(-c2ccccn2)ccc1=O. The highest BCUT2D eigenvalue weighted by Crippen LogP contribution is 2.16. The molecule has 2 aromatic rings. The monoisotopic (exact) mass is 270 g/mol. The highest BCUT2D eigenvalue weighted by atomic mass is 16.1. The normalized spacial score (nSPS) is 19.4. The van der Waals surface area contributed by atoms with E-state index in [1.165, 1.54) is 6.42 Å². The van der Waals surface area contributed by atoms with Crippen molar-refractivity contribution >= 4 is 0 Å². The Morgan fingerprint density at radius 2 is 2.15 bits per heavy atom. The molecule has 1 fully saturated rings. The van der Waals surface area contributed by atoms with E-state index in [-0.39, 0.29) is 5.56 Å². The van der Waals surface area contributed by atoms with Gasteiger partial charge in [-0.25, -0.2) is 4.68 Å². The van der Waals surface area contributed by atoms with Crippen LogP contribution in [0, 0.1) is 0 Å². The number of hydrogen-bond acceptors (Lipinski definition) is 4. The van der Waals surface area contributed by atoms with Crippen LogP contribution >= 0.6 is 0 Å².